The SMILES string of the molecule is CCCCCCCCCCCCCCCCCCC1(CCCCCCCC)C(CCCCCCCCC)=C(CCCCCCCCCC)C(CCCCC)(CCCCCCCCCCC)C(CCCCCC)(CCCCCCCCCCCC)C1(CCCCCCC)CCCCCCCCCCCCCCCC. The van der Waals surface area contributed by atoms with E-state index in [2.05, 4.69) is 80.4 Å². The van der Waals surface area contributed by atoms with Gasteiger partial charge in [-0.05, 0) is 98.7 Å². The van der Waals surface area contributed by atoms with Crippen molar-refractivity contribution in [3.05, 3.63) is 11.1 Å². The average molecular weight is 1510 g/mol. The maximum Gasteiger partial charge on any atom is -0.00232 e. The zero-order valence-electron chi connectivity index (χ0n) is 78.1. The number of hydrogen-bond donors (Lipinski definition) is 0. The van der Waals surface area contributed by atoms with E-state index in [1.165, 1.54) is 539 Å². The molecule has 4 unspecified atom stereocenters. The van der Waals surface area contributed by atoms with Gasteiger partial charge in [0.2, 0.25) is 0 Å². The molecule has 0 N–H and O–H groups in total. The standard InChI is InChI=1S/C108H214/c1-11-21-31-40-47-52-55-57-59-60-61-63-66-72-80-88-98-106(97-86-78-46-37-27-17-7)104(94-83-75-69-45-36-26-16-6)103(93-84-76-70-51-44-35-25-15-5)105(95-85-30-20-10,96-87-79-71-65-50-43-34-24-14-4)107(99-89-39-29-19-9,101-91-81-73-67-54-49-42-33-23-13-3)108(106,100-90-77-38-28-18-8)102-92-82-74-68-64-62-58-56-53-48-41-32-22-12-2/h11-102H2,1-10H3. The van der Waals surface area contributed by atoms with Crippen LogP contribution in [0.15, 0.2) is 11.1 Å². The number of allylic oxidation sites excluding steroid dienone is 2. The Morgan fingerprint density at radius 3 is 0.370 bits per heavy atom. The quantitative estimate of drug-likeness (QED) is 0.0421. The molecular weight excluding hydrogens is 1300 g/mol. The fourth-order valence-corrected chi connectivity index (χ4v) is 22.5. The lowest BCUT2D eigenvalue weighted by atomic mass is 9.30. The van der Waals surface area contributed by atoms with Crippen LogP contribution in [0, 0.1) is 21.7 Å². The maximum atomic E-state index is 2.60. The van der Waals surface area contributed by atoms with Crippen LogP contribution in [0.25, 0.3) is 0 Å². The molecule has 108 heavy (non-hydrogen) atoms. The lowest BCUT2D eigenvalue weighted by Gasteiger charge is -2.74. The molecule has 0 aromatic heterocycles. The number of rotatable bonds is 92. The van der Waals surface area contributed by atoms with Crippen molar-refractivity contribution >= 4 is 0 Å². The van der Waals surface area contributed by atoms with Gasteiger partial charge in [-0.1, -0.05) is 594 Å². The molecule has 0 heterocycles. The normalized spacial score (nSPS) is 18.3. The molecule has 0 bridgehead atoms. The lowest BCUT2D eigenvalue weighted by Crippen LogP contribution is -2.66. The van der Waals surface area contributed by atoms with Gasteiger partial charge >= 0.3 is 0 Å². The summed E-state index contributed by atoms with van der Waals surface area (Å²) in [6.07, 6.45) is 136. The van der Waals surface area contributed by atoms with Crippen molar-refractivity contribution in [2.24, 2.45) is 21.7 Å². The minimum absolute atomic E-state index is 0.322. The van der Waals surface area contributed by atoms with Crippen molar-refractivity contribution in [3.8, 4) is 0 Å². The van der Waals surface area contributed by atoms with Crippen molar-refractivity contribution in [2.75, 3.05) is 0 Å². The van der Waals surface area contributed by atoms with Gasteiger partial charge in [-0.3, -0.25) is 0 Å². The van der Waals surface area contributed by atoms with Crippen LogP contribution in [-0.4, -0.2) is 0 Å². The Balaban J connectivity index is 4.90. The van der Waals surface area contributed by atoms with Crippen LogP contribution in [0.5, 0.6) is 0 Å². The van der Waals surface area contributed by atoms with Crippen molar-refractivity contribution in [2.45, 2.75) is 660 Å². The molecule has 1 aliphatic rings. The second-order valence-electron chi connectivity index (χ2n) is 38.2. The smallest absolute Gasteiger partial charge is 0.00232 e. The van der Waals surface area contributed by atoms with E-state index in [0.29, 0.717) is 21.7 Å². The zero-order valence-corrected chi connectivity index (χ0v) is 78.1. The third-order valence-corrected chi connectivity index (χ3v) is 29.0. The van der Waals surface area contributed by atoms with Crippen LogP contribution in [0.1, 0.15) is 660 Å². The largest absolute Gasteiger partial charge is 0.0654 e. The highest BCUT2D eigenvalue weighted by Gasteiger charge is 2.71. The van der Waals surface area contributed by atoms with E-state index in [4.69, 9.17) is 0 Å². The molecule has 0 nitrogen and oxygen atoms in total. The summed E-state index contributed by atoms with van der Waals surface area (Å²) in [7, 11) is 0. The molecule has 1 rings (SSSR count). The second kappa shape index (κ2) is 80.5. The summed E-state index contributed by atoms with van der Waals surface area (Å²) in [4.78, 5) is 0. The van der Waals surface area contributed by atoms with Gasteiger partial charge in [0.1, 0.15) is 0 Å². The Hall–Kier alpha value is -0.260. The first-order valence-corrected chi connectivity index (χ1v) is 53.1. The molecule has 646 valence electrons. The van der Waals surface area contributed by atoms with Gasteiger partial charge in [-0.15, -0.1) is 0 Å². The molecule has 0 spiro atoms. The monoisotopic (exact) mass is 1510 g/mol. The van der Waals surface area contributed by atoms with Crippen LogP contribution in [0.3, 0.4) is 0 Å². The molecule has 0 aromatic rings. The van der Waals surface area contributed by atoms with Crippen molar-refractivity contribution < 1.29 is 0 Å². The van der Waals surface area contributed by atoms with Gasteiger partial charge in [0.05, 0.1) is 0 Å². The fraction of sp³-hybridized carbons (Fsp3) is 0.981. The van der Waals surface area contributed by atoms with E-state index in [0.717, 1.165) is 0 Å². The molecule has 0 fully saturated rings. The average Bonchev–Trinajstić information content (AvgIpc) is 0.663. The Kier molecular flexibility index (Phi) is 78.8. The van der Waals surface area contributed by atoms with E-state index in [-0.39, 0.29) is 0 Å². The van der Waals surface area contributed by atoms with Crippen LogP contribution < -0.4 is 0 Å². The fourth-order valence-electron chi connectivity index (χ4n) is 22.5. The Bertz CT molecular complexity index is 1770. The van der Waals surface area contributed by atoms with E-state index in [9.17, 15) is 0 Å². The number of hydrogen-bond acceptors (Lipinski definition) is 0. The van der Waals surface area contributed by atoms with Crippen molar-refractivity contribution in [3.63, 3.8) is 0 Å². The summed E-state index contributed by atoms with van der Waals surface area (Å²) in [5, 5.41) is 0. The van der Waals surface area contributed by atoms with Crippen molar-refractivity contribution in [1.29, 1.82) is 0 Å². The molecule has 0 aromatic carbocycles. The molecule has 0 aliphatic heterocycles. The Labute approximate surface area is 688 Å². The number of unbranched alkanes of at least 4 members (excludes halogenated alkanes) is 72. The summed E-state index contributed by atoms with van der Waals surface area (Å²) in [5.41, 5.74) is 5.93. The molecule has 1 aliphatic carbocycles. The van der Waals surface area contributed by atoms with E-state index in [1.807, 2.05) is 0 Å². The van der Waals surface area contributed by atoms with Crippen LogP contribution in [-0.2, 0) is 0 Å². The first-order valence-electron chi connectivity index (χ1n) is 53.1. The highest BCUT2D eigenvalue weighted by atomic mass is 14.7. The van der Waals surface area contributed by atoms with Gasteiger partial charge in [0.25, 0.3) is 0 Å². The predicted molar refractivity (Wildman–Crippen MR) is 498 cm³/mol. The van der Waals surface area contributed by atoms with E-state index < -0.39 is 0 Å². The molecule has 0 saturated carbocycles. The zero-order chi connectivity index (χ0) is 78.2. The highest BCUT2D eigenvalue weighted by Crippen LogP contribution is 2.80. The molecule has 0 saturated heterocycles. The van der Waals surface area contributed by atoms with E-state index in [1.54, 1.807) is 51.4 Å². The maximum absolute atomic E-state index is 2.60. The van der Waals surface area contributed by atoms with Gasteiger partial charge in [-0.2, -0.15) is 0 Å². The molecule has 0 heteroatoms. The molecule has 0 radical (unpaired) electrons. The summed E-state index contributed by atoms with van der Waals surface area (Å²) in [6, 6.07) is 0. The van der Waals surface area contributed by atoms with Crippen molar-refractivity contribution in [1.82, 2.24) is 0 Å². The topological polar surface area (TPSA) is 0 Å². The third kappa shape index (κ3) is 49.7. The van der Waals surface area contributed by atoms with Gasteiger partial charge in [-0.25, -0.2) is 0 Å². The summed E-state index contributed by atoms with van der Waals surface area (Å²) >= 11 is 0. The van der Waals surface area contributed by atoms with Crippen LogP contribution in [0.2, 0.25) is 0 Å². The van der Waals surface area contributed by atoms with Crippen LogP contribution >= 0.6 is 0 Å². The lowest BCUT2D eigenvalue weighted by molar-refractivity contribution is -0.193. The molecule has 0 amide bonds. The second-order valence-corrected chi connectivity index (χ2v) is 38.2. The van der Waals surface area contributed by atoms with Gasteiger partial charge in [0.15, 0.2) is 0 Å². The first-order chi connectivity index (χ1) is 53.4. The minimum atomic E-state index is 0.322. The molecule has 4 atom stereocenters. The predicted octanol–water partition coefficient (Wildman–Crippen LogP) is 41.3. The summed E-state index contributed by atoms with van der Waals surface area (Å²) in [5.74, 6) is 0. The van der Waals surface area contributed by atoms with Crippen LogP contribution in [0.4, 0.5) is 0 Å². The molecular formula is C108H214. The summed E-state index contributed by atoms with van der Waals surface area (Å²) < 4.78 is 0. The third-order valence-electron chi connectivity index (χ3n) is 29.0. The first kappa shape index (κ1) is 106. The van der Waals surface area contributed by atoms with Gasteiger partial charge in [0, 0.05) is 0 Å². The Morgan fingerprint density at radius 1 is 0.111 bits per heavy atom. The summed E-state index contributed by atoms with van der Waals surface area (Å²) in [6.45, 7) is 24.6. The van der Waals surface area contributed by atoms with Gasteiger partial charge < -0.3 is 0 Å². The Morgan fingerprint density at radius 2 is 0.213 bits per heavy atom. The minimum Gasteiger partial charge on any atom is -0.0654 e. The highest BCUT2D eigenvalue weighted by molar-refractivity contribution is 5.41. The van der Waals surface area contributed by atoms with E-state index >= 15 is 0 Å².